The number of hydrogen-bond acceptors (Lipinski definition) is 2. The lowest BCUT2D eigenvalue weighted by Crippen LogP contribution is -1.97. The van der Waals surface area contributed by atoms with Crippen LogP contribution in [0.3, 0.4) is 0 Å². The topological polar surface area (TPSA) is 29.3 Å². The first kappa shape index (κ1) is 11.3. The molecule has 0 unspecified atom stereocenters. The highest BCUT2D eigenvalue weighted by molar-refractivity contribution is 6.12. The van der Waals surface area contributed by atoms with Crippen molar-refractivity contribution in [2.45, 2.75) is 6.92 Å². The molecule has 3 heteroatoms. The van der Waals surface area contributed by atoms with Crippen molar-refractivity contribution >= 4 is 33.0 Å². The first-order valence-electron chi connectivity index (χ1n) is 6.77. The van der Waals surface area contributed by atoms with Gasteiger partial charge >= 0.3 is 0 Å². The van der Waals surface area contributed by atoms with Gasteiger partial charge in [-0.3, -0.25) is 4.40 Å². The fourth-order valence-corrected chi connectivity index (χ4v) is 3.08. The second kappa shape index (κ2) is 3.97. The van der Waals surface area contributed by atoms with Crippen molar-refractivity contribution in [3.8, 4) is 0 Å². The summed E-state index contributed by atoms with van der Waals surface area (Å²) in [7, 11) is 1.98. The van der Waals surface area contributed by atoms with Gasteiger partial charge in [-0.2, -0.15) is 0 Å². The summed E-state index contributed by atoms with van der Waals surface area (Å²) >= 11 is 0. The van der Waals surface area contributed by atoms with Crippen LogP contribution in [-0.2, 0) is 0 Å². The lowest BCUT2D eigenvalue weighted by atomic mass is 10.1. The molecule has 1 N–H and O–H groups in total. The van der Waals surface area contributed by atoms with Crippen molar-refractivity contribution in [1.82, 2.24) is 9.38 Å². The molecule has 0 saturated carbocycles. The Morgan fingerprint density at radius 3 is 2.45 bits per heavy atom. The van der Waals surface area contributed by atoms with E-state index in [9.17, 15) is 0 Å². The first-order chi connectivity index (χ1) is 9.81. The van der Waals surface area contributed by atoms with E-state index in [0.29, 0.717) is 0 Å². The fraction of sp³-hybridized carbons (Fsp3) is 0.118. The van der Waals surface area contributed by atoms with E-state index in [1.54, 1.807) is 0 Å². The van der Waals surface area contributed by atoms with Crippen LogP contribution in [0.15, 0.2) is 48.5 Å². The van der Waals surface area contributed by atoms with E-state index in [4.69, 9.17) is 4.98 Å². The molecule has 98 valence electrons. The number of rotatable bonds is 1. The SMILES string of the molecule is CNc1c2ccccc2n2c(C)nc3ccccc3c12. The Kier molecular flexibility index (Phi) is 2.24. The molecule has 0 atom stereocenters. The van der Waals surface area contributed by atoms with Crippen LogP contribution in [0.4, 0.5) is 5.69 Å². The fourth-order valence-electron chi connectivity index (χ4n) is 3.08. The molecular formula is C17H15N3. The molecule has 4 rings (SSSR count). The van der Waals surface area contributed by atoms with Crippen molar-refractivity contribution in [2.75, 3.05) is 12.4 Å². The Morgan fingerprint density at radius 1 is 0.950 bits per heavy atom. The van der Waals surface area contributed by atoms with Crippen LogP contribution in [0.1, 0.15) is 5.82 Å². The highest BCUT2D eigenvalue weighted by Crippen LogP contribution is 2.35. The molecule has 0 aliphatic rings. The Labute approximate surface area is 116 Å². The summed E-state index contributed by atoms with van der Waals surface area (Å²) in [6.45, 7) is 2.06. The smallest absolute Gasteiger partial charge is 0.111 e. The van der Waals surface area contributed by atoms with Crippen molar-refractivity contribution in [3.05, 3.63) is 54.4 Å². The van der Waals surface area contributed by atoms with E-state index in [2.05, 4.69) is 59.1 Å². The number of hydrogen-bond donors (Lipinski definition) is 1. The van der Waals surface area contributed by atoms with Crippen LogP contribution in [-0.4, -0.2) is 16.4 Å². The van der Waals surface area contributed by atoms with E-state index in [-0.39, 0.29) is 0 Å². The zero-order chi connectivity index (χ0) is 13.7. The number of benzene rings is 2. The van der Waals surface area contributed by atoms with Gasteiger partial charge in [0.15, 0.2) is 0 Å². The number of nitrogens with one attached hydrogen (secondary N) is 1. The first-order valence-corrected chi connectivity index (χ1v) is 6.77. The van der Waals surface area contributed by atoms with Gasteiger partial charge in [-0.15, -0.1) is 0 Å². The molecular weight excluding hydrogens is 246 g/mol. The number of nitrogens with zero attached hydrogens (tertiary/aromatic N) is 2. The molecule has 2 heterocycles. The minimum absolute atomic E-state index is 1.01. The van der Waals surface area contributed by atoms with Crippen molar-refractivity contribution in [3.63, 3.8) is 0 Å². The van der Waals surface area contributed by atoms with E-state index >= 15 is 0 Å². The van der Waals surface area contributed by atoms with Crippen LogP contribution < -0.4 is 5.32 Å². The zero-order valence-electron chi connectivity index (χ0n) is 11.5. The van der Waals surface area contributed by atoms with Crippen molar-refractivity contribution < 1.29 is 0 Å². The second-order valence-electron chi connectivity index (χ2n) is 5.00. The van der Waals surface area contributed by atoms with Gasteiger partial charge < -0.3 is 5.32 Å². The number of aryl methyl sites for hydroxylation is 1. The average molecular weight is 261 g/mol. The molecule has 2 aromatic heterocycles. The predicted octanol–water partition coefficient (Wildman–Crippen LogP) is 3.99. The highest BCUT2D eigenvalue weighted by Gasteiger charge is 2.15. The maximum absolute atomic E-state index is 4.74. The molecule has 3 nitrogen and oxygen atoms in total. The largest absolute Gasteiger partial charge is 0.386 e. The molecule has 4 aromatic rings. The average Bonchev–Trinajstić information content (AvgIpc) is 2.82. The standard InChI is InChI=1S/C17H15N3/c1-11-19-14-9-5-3-7-12(14)17-16(18-2)13-8-4-6-10-15(13)20(11)17/h3-10,18H,1-2H3. The van der Waals surface area contributed by atoms with Gasteiger partial charge in [0.1, 0.15) is 5.82 Å². The normalized spacial score (nSPS) is 11.5. The van der Waals surface area contributed by atoms with Gasteiger partial charge in [-0.05, 0) is 19.1 Å². The third-order valence-electron chi connectivity index (χ3n) is 3.89. The molecule has 0 spiro atoms. The molecule has 0 amide bonds. The third-order valence-corrected chi connectivity index (χ3v) is 3.89. The molecule has 0 saturated heterocycles. The van der Waals surface area contributed by atoms with Crippen LogP contribution in [0.5, 0.6) is 0 Å². The van der Waals surface area contributed by atoms with Gasteiger partial charge in [0.05, 0.1) is 22.2 Å². The second-order valence-corrected chi connectivity index (χ2v) is 5.00. The lowest BCUT2D eigenvalue weighted by Gasteiger charge is -2.07. The van der Waals surface area contributed by atoms with Crippen molar-refractivity contribution in [2.24, 2.45) is 0 Å². The van der Waals surface area contributed by atoms with Gasteiger partial charge in [0.2, 0.25) is 0 Å². The summed E-state index contributed by atoms with van der Waals surface area (Å²) in [5.74, 6) is 1.01. The number of aromatic nitrogens is 2. The van der Waals surface area contributed by atoms with Gasteiger partial charge in [0, 0.05) is 17.8 Å². The number of fused-ring (bicyclic) bond motifs is 5. The van der Waals surface area contributed by atoms with Crippen LogP contribution in [0.25, 0.3) is 27.3 Å². The summed E-state index contributed by atoms with van der Waals surface area (Å²) in [4.78, 5) is 4.74. The van der Waals surface area contributed by atoms with Gasteiger partial charge in [0.25, 0.3) is 0 Å². The summed E-state index contributed by atoms with van der Waals surface area (Å²) in [6, 6.07) is 16.8. The predicted molar refractivity (Wildman–Crippen MR) is 84.5 cm³/mol. The van der Waals surface area contributed by atoms with Crippen LogP contribution >= 0.6 is 0 Å². The maximum Gasteiger partial charge on any atom is 0.111 e. The molecule has 20 heavy (non-hydrogen) atoms. The summed E-state index contributed by atoms with van der Waals surface area (Å²) in [5.41, 5.74) is 4.61. The zero-order valence-corrected chi connectivity index (χ0v) is 11.5. The Bertz CT molecular complexity index is 951. The lowest BCUT2D eigenvalue weighted by molar-refractivity contribution is 1.05. The molecule has 2 aromatic carbocycles. The maximum atomic E-state index is 4.74. The molecule has 0 bridgehead atoms. The molecule has 0 aliphatic heterocycles. The third kappa shape index (κ3) is 1.32. The highest BCUT2D eigenvalue weighted by atomic mass is 15.0. The molecule has 0 aliphatic carbocycles. The number of anilines is 1. The number of para-hydroxylation sites is 2. The molecule has 0 radical (unpaired) electrons. The Hall–Kier alpha value is -2.55. The summed E-state index contributed by atoms with van der Waals surface area (Å²) in [5, 5.41) is 5.78. The quantitative estimate of drug-likeness (QED) is 0.561. The Balaban J connectivity index is 2.41. The molecule has 0 fully saturated rings. The van der Waals surface area contributed by atoms with E-state index in [1.807, 2.05) is 13.1 Å². The monoisotopic (exact) mass is 261 g/mol. The van der Waals surface area contributed by atoms with E-state index in [1.165, 1.54) is 27.5 Å². The van der Waals surface area contributed by atoms with Gasteiger partial charge in [-0.25, -0.2) is 4.98 Å². The van der Waals surface area contributed by atoms with E-state index in [0.717, 1.165) is 11.3 Å². The van der Waals surface area contributed by atoms with Gasteiger partial charge in [-0.1, -0.05) is 36.4 Å². The van der Waals surface area contributed by atoms with E-state index < -0.39 is 0 Å². The minimum atomic E-state index is 1.01. The summed E-state index contributed by atoms with van der Waals surface area (Å²) in [6.07, 6.45) is 0. The minimum Gasteiger partial charge on any atom is -0.386 e. The summed E-state index contributed by atoms with van der Waals surface area (Å²) < 4.78 is 2.24. The van der Waals surface area contributed by atoms with Crippen molar-refractivity contribution in [1.29, 1.82) is 0 Å². The van der Waals surface area contributed by atoms with Crippen LogP contribution in [0.2, 0.25) is 0 Å². The Morgan fingerprint density at radius 2 is 1.65 bits per heavy atom. The van der Waals surface area contributed by atoms with Crippen LogP contribution in [0, 0.1) is 6.92 Å².